The van der Waals surface area contributed by atoms with Gasteiger partial charge in [0.25, 0.3) is 0 Å². The Morgan fingerprint density at radius 2 is 2.00 bits per heavy atom. The second-order valence-corrected chi connectivity index (χ2v) is 2.10. The molecule has 0 aliphatic rings. The molecule has 0 saturated heterocycles. The lowest BCUT2D eigenvalue weighted by atomic mass is 10.3. The van der Waals surface area contributed by atoms with Crippen molar-refractivity contribution in [2.45, 2.75) is 13.8 Å². The van der Waals surface area contributed by atoms with Gasteiger partial charge in [0, 0.05) is 0 Å². The minimum atomic E-state index is -0.914. The maximum absolute atomic E-state index is 10.2. The van der Waals surface area contributed by atoms with Crippen LogP contribution in [0.15, 0.2) is 11.3 Å². The molecule has 52 valence electrons. The van der Waals surface area contributed by atoms with E-state index in [4.69, 9.17) is 9.53 Å². The largest absolute Gasteiger partial charge is 0.556 e. The molecule has 0 aliphatic heterocycles. The topological polar surface area (TPSA) is 46.5 Å². The molecule has 0 fully saturated rings. The van der Waals surface area contributed by atoms with Crippen LogP contribution in [0.5, 0.6) is 0 Å². The Hall–Kier alpha value is -0.773. The van der Waals surface area contributed by atoms with Crippen molar-refractivity contribution in [2.75, 3.05) is 0 Å². The fourth-order valence-electron chi connectivity index (χ4n) is 0.304. The summed E-state index contributed by atoms with van der Waals surface area (Å²) in [4.78, 5) is 10.2. The zero-order chi connectivity index (χ0) is 7.44. The molecule has 0 heterocycles. The number of hydrogen-bond acceptors (Lipinski definition) is 2. The van der Waals surface area contributed by atoms with Crippen LogP contribution in [0.25, 0.3) is 0 Å². The number of rotatable bonds is 2. The third-order valence-corrected chi connectivity index (χ3v) is 1.77. The molecule has 0 aromatic heterocycles. The first-order valence-corrected chi connectivity index (χ1v) is 3.36. The zero-order valence-electron chi connectivity index (χ0n) is 5.76. The minimum Gasteiger partial charge on any atom is -0.556 e. The van der Waals surface area contributed by atoms with Crippen molar-refractivity contribution >= 4 is 16.5 Å². The van der Waals surface area contributed by atoms with E-state index in [-0.39, 0.29) is 5.57 Å². The smallest absolute Gasteiger partial charge is 0.334 e. The quantitative estimate of drug-likeness (QED) is 0.329. The number of carboxylic acid groups (broad SMARTS) is 1. The maximum Gasteiger partial charge on any atom is 0.334 e. The lowest BCUT2D eigenvalue weighted by molar-refractivity contribution is -0.132. The Morgan fingerprint density at radius 1 is 1.56 bits per heavy atom. The van der Waals surface area contributed by atoms with Gasteiger partial charge in [-0.2, -0.15) is 0 Å². The Labute approximate surface area is 56.9 Å². The molecular formula is C5H10O3Si. The molecule has 1 N–H and O–H groups in total. The summed E-state index contributed by atoms with van der Waals surface area (Å²) < 4.78 is 4.81. The fourth-order valence-corrected chi connectivity index (χ4v) is 0.610. The van der Waals surface area contributed by atoms with Gasteiger partial charge in [0.05, 0.1) is 11.3 Å². The van der Waals surface area contributed by atoms with Crippen LogP contribution in [-0.2, 0) is 9.22 Å². The van der Waals surface area contributed by atoms with Crippen molar-refractivity contribution < 1.29 is 14.3 Å². The van der Waals surface area contributed by atoms with Crippen LogP contribution in [0.1, 0.15) is 13.8 Å². The Bertz CT molecular complexity index is 150. The van der Waals surface area contributed by atoms with Gasteiger partial charge in [0.15, 0.2) is 0 Å². The van der Waals surface area contributed by atoms with Gasteiger partial charge >= 0.3 is 5.97 Å². The Balaban J connectivity index is 4.28. The summed E-state index contributed by atoms with van der Waals surface area (Å²) >= 11 is 0. The molecule has 3 nitrogen and oxygen atoms in total. The zero-order valence-corrected chi connectivity index (χ0v) is 7.76. The van der Waals surface area contributed by atoms with Crippen LogP contribution in [0.4, 0.5) is 0 Å². The molecule has 0 spiro atoms. The molecule has 0 saturated carbocycles. The average molecular weight is 146 g/mol. The van der Waals surface area contributed by atoms with Gasteiger partial charge in [0.2, 0.25) is 10.5 Å². The van der Waals surface area contributed by atoms with E-state index in [0.29, 0.717) is 16.2 Å². The summed E-state index contributed by atoms with van der Waals surface area (Å²) in [5, 5.41) is 8.36. The molecule has 4 heteroatoms. The van der Waals surface area contributed by atoms with Crippen molar-refractivity contribution in [3.8, 4) is 0 Å². The molecule has 0 rings (SSSR count). The molecule has 0 radical (unpaired) electrons. The molecular weight excluding hydrogens is 136 g/mol. The Kier molecular flexibility index (Phi) is 3.01. The minimum absolute atomic E-state index is 0.282. The van der Waals surface area contributed by atoms with Crippen molar-refractivity contribution in [3.63, 3.8) is 0 Å². The molecule has 9 heavy (non-hydrogen) atoms. The van der Waals surface area contributed by atoms with Crippen LogP contribution in [-0.4, -0.2) is 21.6 Å². The van der Waals surface area contributed by atoms with Gasteiger partial charge in [-0.05, 0) is 13.8 Å². The average Bonchev–Trinajstić information content (AvgIpc) is 1.84. The van der Waals surface area contributed by atoms with Crippen LogP contribution < -0.4 is 0 Å². The van der Waals surface area contributed by atoms with E-state index in [1.54, 1.807) is 6.92 Å². The normalized spacial score (nSPS) is 12.7. The standard InChI is InChI=1S/C5H10O3Si/c1-3(5(6)7)4(2)8-9/h1-2,9H3,(H,6,7). The SMILES string of the molecule is CC(O[SiH3])=C(C)C(=O)O. The summed E-state index contributed by atoms with van der Waals surface area (Å²) in [6.45, 7) is 3.17. The van der Waals surface area contributed by atoms with Gasteiger partial charge in [0.1, 0.15) is 0 Å². The Morgan fingerprint density at radius 3 is 2.11 bits per heavy atom. The van der Waals surface area contributed by atoms with Crippen molar-refractivity contribution in [1.29, 1.82) is 0 Å². The monoisotopic (exact) mass is 146 g/mol. The summed E-state index contributed by atoms with van der Waals surface area (Å²) in [6.07, 6.45) is 0. The van der Waals surface area contributed by atoms with E-state index in [0.717, 1.165) is 0 Å². The molecule has 0 aromatic rings. The first-order valence-electron chi connectivity index (χ1n) is 2.54. The molecule has 0 atom stereocenters. The molecule has 0 aliphatic carbocycles. The highest BCUT2D eigenvalue weighted by atomic mass is 28.2. The summed E-state index contributed by atoms with van der Waals surface area (Å²) in [5.74, 6) is -0.405. The van der Waals surface area contributed by atoms with E-state index in [1.165, 1.54) is 6.92 Å². The van der Waals surface area contributed by atoms with E-state index < -0.39 is 5.97 Å². The number of carbonyl (C=O) groups is 1. The second-order valence-electron chi connectivity index (χ2n) is 1.69. The van der Waals surface area contributed by atoms with Gasteiger partial charge < -0.3 is 9.53 Å². The van der Waals surface area contributed by atoms with Crippen molar-refractivity contribution in [2.24, 2.45) is 0 Å². The first-order chi connectivity index (χ1) is 4.09. The van der Waals surface area contributed by atoms with E-state index in [2.05, 4.69) is 0 Å². The summed E-state index contributed by atoms with van der Waals surface area (Å²) in [6, 6.07) is 0. The third-order valence-electron chi connectivity index (χ3n) is 1.16. The fraction of sp³-hybridized carbons (Fsp3) is 0.400. The highest BCUT2D eigenvalue weighted by Crippen LogP contribution is 2.01. The number of hydrogen-bond donors (Lipinski definition) is 1. The van der Waals surface area contributed by atoms with E-state index in [9.17, 15) is 4.79 Å². The van der Waals surface area contributed by atoms with Gasteiger partial charge in [-0.1, -0.05) is 0 Å². The second kappa shape index (κ2) is 3.29. The predicted molar refractivity (Wildman–Crippen MR) is 37.0 cm³/mol. The van der Waals surface area contributed by atoms with Gasteiger partial charge in [-0.3, -0.25) is 0 Å². The van der Waals surface area contributed by atoms with E-state index in [1.807, 2.05) is 0 Å². The third kappa shape index (κ3) is 2.32. The highest BCUT2D eigenvalue weighted by molar-refractivity contribution is 5.99. The van der Waals surface area contributed by atoms with Crippen molar-refractivity contribution in [3.05, 3.63) is 11.3 Å². The van der Waals surface area contributed by atoms with Crippen LogP contribution in [0.3, 0.4) is 0 Å². The van der Waals surface area contributed by atoms with Gasteiger partial charge in [-0.25, -0.2) is 4.79 Å². The maximum atomic E-state index is 10.2. The van der Waals surface area contributed by atoms with Gasteiger partial charge in [-0.15, -0.1) is 0 Å². The highest BCUT2D eigenvalue weighted by Gasteiger charge is 2.03. The lowest BCUT2D eigenvalue weighted by Gasteiger charge is -2.00. The molecule has 0 unspecified atom stereocenters. The first kappa shape index (κ1) is 8.23. The predicted octanol–water partition coefficient (Wildman–Crippen LogP) is -0.338. The summed E-state index contributed by atoms with van der Waals surface area (Å²) in [5.41, 5.74) is 0.282. The molecule has 0 aromatic carbocycles. The van der Waals surface area contributed by atoms with E-state index >= 15 is 0 Å². The van der Waals surface area contributed by atoms with Crippen LogP contribution in [0, 0.1) is 0 Å². The molecule has 0 amide bonds. The summed E-state index contributed by atoms with van der Waals surface area (Å²) in [7, 11) is 0.545. The molecule has 0 bridgehead atoms. The lowest BCUT2D eigenvalue weighted by Crippen LogP contribution is -2.00. The van der Waals surface area contributed by atoms with Crippen molar-refractivity contribution in [1.82, 2.24) is 0 Å². The number of aliphatic carboxylic acids is 1. The van der Waals surface area contributed by atoms with Crippen LogP contribution >= 0.6 is 0 Å². The number of allylic oxidation sites excluding steroid dienone is 1. The van der Waals surface area contributed by atoms with Crippen LogP contribution in [0.2, 0.25) is 0 Å². The number of carboxylic acids is 1.